The van der Waals surface area contributed by atoms with Gasteiger partial charge in [0, 0.05) is 18.0 Å². The van der Waals surface area contributed by atoms with Crippen molar-refractivity contribution in [3.8, 4) is 0 Å². The molecule has 1 amide bonds. The van der Waals surface area contributed by atoms with E-state index in [0.717, 1.165) is 0 Å². The molecule has 0 aromatic rings. The van der Waals surface area contributed by atoms with Crippen molar-refractivity contribution >= 4 is 5.91 Å². The molecule has 5 nitrogen and oxygen atoms in total. The van der Waals surface area contributed by atoms with Gasteiger partial charge in [-0.1, -0.05) is 11.7 Å². The van der Waals surface area contributed by atoms with Crippen LogP contribution in [0.4, 0.5) is 0 Å². The van der Waals surface area contributed by atoms with Crippen LogP contribution in [-0.2, 0) is 4.79 Å². The third kappa shape index (κ3) is 6.40. The summed E-state index contributed by atoms with van der Waals surface area (Å²) in [4.78, 5) is 13.1. The summed E-state index contributed by atoms with van der Waals surface area (Å²) in [5, 5.41) is 5.85. The largest absolute Gasteiger partial charge is 0.353 e. The molecular formula is C6H10N4O. The lowest BCUT2D eigenvalue weighted by Crippen LogP contribution is -2.22. The molecule has 60 valence electrons. The molecule has 1 N–H and O–H groups in total. The molecular weight excluding hydrogens is 144 g/mol. The summed E-state index contributed by atoms with van der Waals surface area (Å²) in [6.07, 6.45) is 1.86. The highest BCUT2D eigenvalue weighted by Crippen LogP contribution is 1.79. The van der Waals surface area contributed by atoms with Gasteiger partial charge in [-0.2, -0.15) is 0 Å². The van der Waals surface area contributed by atoms with Gasteiger partial charge >= 0.3 is 0 Å². The van der Waals surface area contributed by atoms with Crippen molar-refractivity contribution in [1.82, 2.24) is 5.32 Å². The summed E-state index contributed by atoms with van der Waals surface area (Å²) in [6.45, 7) is 4.21. The van der Waals surface area contributed by atoms with Gasteiger partial charge in [0.05, 0.1) is 0 Å². The van der Waals surface area contributed by atoms with Crippen LogP contribution in [0.5, 0.6) is 0 Å². The van der Waals surface area contributed by atoms with Crippen LogP contribution >= 0.6 is 0 Å². The molecule has 0 saturated heterocycles. The molecule has 0 aliphatic carbocycles. The predicted molar refractivity (Wildman–Crippen MR) is 41.8 cm³/mol. The molecule has 0 heterocycles. The second-order valence-corrected chi connectivity index (χ2v) is 1.80. The Morgan fingerprint density at radius 1 is 1.82 bits per heavy atom. The number of nitrogens with zero attached hydrogens (tertiary/aromatic N) is 3. The molecule has 0 atom stereocenters. The van der Waals surface area contributed by atoms with Gasteiger partial charge in [-0.15, -0.1) is 0 Å². The quantitative estimate of drug-likeness (QED) is 0.207. The van der Waals surface area contributed by atoms with E-state index in [9.17, 15) is 4.79 Å². The standard InChI is InChI=1S/C6H10N4O/c1-2-6(11)8-4-3-5-9-10-7/h2H,1,3-5H2,(H,8,11). The Labute approximate surface area is 64.7 Å². The predicted octanol–water partition coefficient (Wildman–Crippen LogP) is 0.989. The van der Waals surface area contributed by atoms with Crippen molar-refractivity contribution in [3.63, 3.8) is 0 Å². The third-order valence-electron chi connectivity index (χ3n) is 0.983. The SMILES string of the molecule is C=CC(=O)NCCCN=[N+]=[N-]. The minimum Gasteiger partial charge on any atom is -0.353 e. The van der Waals surface area contributed by atoms with E-state index in [2.05, 4.69) is 21.9 Å². The number of rotatable bonds is 5. The number of carbonyl (C=O) groups excluding carboxylic acids is 1. The first kappa shape index (κ1) is 9.52. The fourth-order valence-corrected chi connectivity index (χ4v) is 0.478. The van der Waals surface area contributed by atoms with Gasteiger partial charge in [0.25, 0.3) is 0 Å². The minimum atomic E-state index is -0.203. The molecule has 0 aromatic heterocycles. The van der Waals surface area contributed by atoms with Crippen molar-refractivity contribution in [2.45, 2.75) is 6.42 Å². The van der Waals surface area contributed by atoms with Gasteiger partial charge < -0.3 is 5.32 Å². The van der Waals surface area contributed by atoms with Crippen LogP contribution in [0.2, 0.25) is 0 Å². The zero-order chi connectivity index (χ0) is 8.53. The summed E-state index contributed by atoms with van der Waals surface area (Å²) >= 11 is 0. The van der Waals surface area contributed by atoms with Crippen molar-refractivity contribution in [2.24, 2.45) is 5.11 Å². The molecule has 0 aromatic carbocycles. The van der Waals surface area contributed by atoms with Crippen LogP contribution in [0.3, 0.4) is 0 Å². The first-order chi connectivity index (χ1) is 5.31. The molecule has 5 heteroatoms. The second-order valence-electron chi connectivity index (χ2n) is 1.80. The van der Waals surface area contributed by atoms with Gasteiger partial charge in [0.2, 0.25) is 5.91 Å². The molecule has 0 aliphatic rings. The zero-order valence-corrected chi connectivity index (χ0v) is 6.16. The van der Waals surface area contributed by atoms with Gasteiger partial charge in [-0.25, -0.2) is 0 Å². The van der Waals surface area contributed by atoms with Crippen LogP contribution in [0, 0.1) is 0 Å². The number of hydrogen-bond donors (Lipinski definition) is 1. The maximum atomic E-state index is 10.5. The van der Waals surface area contributed by atoms with Gasteiger partial charge in [0.1, 0.15) is 0 Å². The Balaban J connectivity index is 3.20. The lowest BCUT2D eigenvalue weighted by atomic mass is 10.4. The maximum Gasteiger partial charge on any atom is 0.243 e. The first-order valence-electron chi connectivity index (χ1n) is 3.22. The molecule has 0 rings (SSSR count). The second kappa shape index (κ2) is 6.64. The lowest BCUT2D eigenvalue weighted by Gasteiger charge is -1.97. The highest BCUT2D eigenvalue weighted by Gasteiger charge is 1.90. The Hall–Kier alpha value is -1.48. The van der Waals surface area contributed by atoms with Crippen molar-refractivity contribution < 1.29 is 4.79 Å². The number of azide groups is 1. The van der Waals surface area contributed by atoms with E-state index >= 15 is 0 Å². The monoisotopic (exact) mass is 154 g/mol. The van der Waals surface area contributed by atoms with Crippen LogP contribution in [0.1, 0.15) is 6.42 Å². The van der Waals surface area contributed by atoms with Crippen LogP contribution in [0.25, 0.3) is 10.4 Å². The molecule has 0 unspecified atom stereocenters. The zero-order valence-electron chi connectivity index (χ0n) is 6.16. The fraction of sp³-hybridized carbons (Fsp3) is 0.500. The van der Waals surface area contributed by atoms with E-state index in [-0.39, 0.29) is 5.91 Å². The number of hydrogen-bond acceptors (Lipinski definition) is 2. The van der Waals surface area contributed by atoms with Gasteiger partial charge in [-0.3, -0.25) is 4.79 Å². The van der Waals surface area contributed by atoms with Crippen LogP contribution < -0.4 is 5.32 Å². The van der Waals surface area contributed by atoms with Crippen molar-refractivity contribution in [3.05, 3.63) is 23.1 Å². The first-order valence-corrected chi connectivity index (χ1v) is 3.22. The third-order valence-corrected chi connectivity index (χ3v) is 0.983. The highest BCUT2D eigenvalue weighted by atomic mass is 16.1. The molecule has 11 heavy (non-hydrogen) atoms. The Morgan fingerprint density at radius 2 is 2.55 bits per heavy atom. The van der Waals surface area contributed by atoms with Crippen molar-refractivity contribution in [1.29, 1.82) is 0 Å². The Kier molecular flexibility index (Phi) is 5.74. The molecule has 0 bridgehead atoms. The lowest BCUT2D eigenvalue weighted by molar-refractivity contribution is -0.116. The average Bonchev–Trinajstić information content (AvgIpc) is 2.04. The normalized spacial score (nSPS) is 8.00. The summed E-state index contributed by atoms with van der Waals surface area (Å²) in [6, 6.07) is 0. The molecule has 0 radical (unpaired) electrons. The van der Waals surface area contributed by atoms with E-state index < -0.39 is 0 Å². The highest BCUT2D eigenvalue weighted by molar-refractivity contribution is 5.86. The van der Waals surface area contributed by atoms with Crippen LogP contribution in [0.15, 0.2) is 17.8 Å². The topological polar surface area (TPSA) is 77.9 Å². The summed E-state index contributed by atoms with van der Waals surface area (Å²) < 4.78 is 0. The smallest absolute Gasteiger partial charge is 0.243 e. The average molecular weight is 154 g/mol. The number of carbonyl (C=O) groups is 1. The van der Waals surface area contributed by atoms with E-state index in [1.807, 2.05) is 0 Å². The molecule has 0 fully saturated rings. The minimum absolute atomic E-state index is 0.203. The van der Waals surface area contributed by atoms with Crippen LogP contribution in [-0.4, -0.2) is 19.0 Å². The van der Waals surface area contributed by atoms with E-state index in [1.54, 1.807) is 0 Å². The number of amides is 1. The molecule has 0 spiro atoms. The Morgan fingerprint density at radius 3 is 3.09 bits per heavy atom. The summed E-state index contributed by atoms with van der Waals surface area (Å²) in [5.74, 6) is -0.203. The van der Waals surface area contributed by atoms with E-state index in [4.69, 9.17) is 5.53 Å². The fourth-order valence-electron chi connectivity index (χ4n) is 0.478. The summed E-state index contributed by atoms with van der Waals surface area (Å²) in [5.41, 5.74) is 7.88. The van der Waals surface area contributed by atoms with Crippen molar-refractivity contribution in [2.75, 3.05) is 13.1 Å². The van der Waals surface area contributed by atoms with E-state index in [1.165, 1.54) is 6.08 Å². The maximum absolute atomic E-state index is 10.5. The summed E-state index contributed by atoms with van der Waals surface area (Å²) in [7, 11) is 0. The number of nitrogens with one attached hydrogen (secondary N) is 1. The Bertz CT molecular complexity index is 183. The molecule has 0 saturated carbocycles. The molecule has 0 aliphatic heterocycles. The van der Waals surface area contributed by atoms with Gasteiger partial charge in [-0.05, 0) is 18.0 Å². The van der Waals surface area contributed by atoms with E-state index in [0.29, 0.717) is 19.5 Å². The van der Waals surface area contributed by atoms with Gasteiger partial charge in [0.15, 0.2) is 0 Å².